The van der Waals surface area contributed by atoms with Crippen molar-refractivity contribution in [3.63, 3.8) is 0 Å². The van der Waals surface area contributed by atoms with Crippen LogP contribution in [-0.2, 0) is 26.7 Å². The van der Waals surface area contributed by atoms with Crippen LogP contribution in [0.2, 0.25) is 0 Å². The first-order chi connectivity index (χ1) is 22.1. The molecule has 4 aromatic heterocycles. The number of carboxylic acid groups (broad SMARTS) is 1. The van der Waals surface area contributed by atoms with Crippen LogP contribution in [0.4, 0.5) is 0 Å². The second-order valence-electron chi connectivity index (χ2n) is 12.9. The molecule has 0 aliphatic heterocycles. The average molecular weight is 681 g/mol. The van der Waals surface area contributed by atoms with Gasteiger partial charge < -0.3 is 24.1 Å². The van der Waals surface area contributed by atoms with Crippen molar-refractivity contribution in [1.29, 1.82) is 0 Å². The Hall–Kier alpha value is -4.51. The standard InChI is InChI=1S/C35H34BrN7O3/c1-41-25-16-24-27(14-21(25)15-28(41)33(45)46)43(3)34(39-24)35(11-6-12-35)40-32(44)20-9-10-23-26(13-20)42(2)30(29(23)19-7-4-5-8-19)31-37-17-22(36)18-38-31/h9-10,13-19H,4-8,11-12H2,1-3H3,(H,40,44)(H,45,46). The van der Waals surface area contributed by atoms with Crippen molar-refractivity contribution in [2.24, 2.45) is 21.1 Å². The molecule has 0 saturated heterocycles. The number of hydrogen-bond donors (Lipinski definition) is 2. The van der Waals surface area contributed by atoms with Crippen molar-refractivity contribution in [2.45, 2.75) is 56.4 Å². The van der Waals surface area contributed by atoms with E-state index in [1.807, 2.05) is 42.9 Å². The number of hydrogen-bond acceptors (Lipinski definition) is 5. The van der Waals surface area contributed by atoms with Crippen molar-refractivity contribution in [3.05, 3.63) is 75.9 Å². The van der Waals surface area contributed by atoms with Crippen molar-refractivity contribution in [1.82, 2.24) is 34.0 Å². The second-order valence-corrected chi connectivity index (χ2v) is 13.9. The highest BCUT2D eigenvalue weighted by atomic mass is 79.9. The Bertz CT molecular complexity index is 2220. The molecular formula is C35H34BrN7O3. The lowest BCUT2D eigenvalue weighted by atomic mass is 9.75. The molecule has 10 nitrogen and oxygen atoms in total. The molecule has 8 rings (SSSR count). The Morgan fingerprint density at radius 1 is 0.913 bits per heavy atom. The van der Waals surface area contributed by atoms with Gasteiger partial charge in [-0.25, -0.2) is 19.7 Å². The summed E-state index contributed by atoms with van der Waals surface area (Å²) < 4.78 is 6.70. The van der Waals surface area contributed by atoms with Gasteiger partial charge in [0, 0.05) is 55.4 Å². The number of carbonyl (C=O) groups excluding carboxylic acids is 1. The molecule has 2 aliphatic rings. The summed E-state index contributed by atoms with van der Waals surface area (Å²) in [6, 6.07) is 11.7. The van der Waals surface area contributed by atoms with Gasteiger partial charge in [-0.1, -0.05) is 18.9 Å². The third kappa shape index (κ3) is 4.31. The molecule has 1 amide bonds. The Morgan fingerprint density at radius 3 is 2.33 bits per heavy atom. The topological polar surface area (TPSA) is 120 Å². The molecule has 0 unspecified atom stereocenters. The van der Waals surface area contributed by atoms with Gasteiger partial charge in [-0.15, -0.1) is 0 Å². The van der Waals surface area contributed by atoms with Crippen LogP contribution in [0.15, 0.2) is 53.3 Å². The Kier molecular flexibility index (Phi) is 6.61. The first-order valence-electron chi connectivity index (χ1n) is 15.8. The van der Waals surface area contributed by atoms with Crippen LogP contribution in [0.1, 0.15) is 83.1 Å². The minimum Gasteiger partial charge on any atom is -0.477 e. The lowest BCUT2D eigenvalue weighted by Crippen LogP contribution is -2.52. The van der Waals surface area contributed by atoms with Crippen LogP contribution < -0.4 is 5.32 Å². The number of fused-ring (bicyclic) bond motifs is 3. The first-order valence-corrected chi connectivity index (χ1v) is 16.6. The number of amides is 1. The normalized spacial score (nSPS) is 16.4. The largest absolute Gasteiger partial charge is 0.477 e. The van der Waals surface area contributed by atoms with Crippen molar-refractivity contribution >= 4 is 60.6 Å². The van der Waals surface area contributed by atoms with Crippen molar-refractivity contribution < 1.29 is 14.7 Å². The van der Waals surface area contributed by atoms with Gasteiger partial charge in [0.2, 0.25) is 0 Å². The summed E-state index contributed by atoms with van der Waals surface area (Å²) in [5.74, 6) is 0.850. The molecule has 6 aromatic rings. The fourth-order valence-electron chi connectivity index (χ4n) is 7.82. The van der Waals surface area contributed by atoms with Gasteiger partial charge in [0.15, 0.2) is 5.82 Å². The van der Waals surface area contributed by atoms with E-state index in [1.165, 1.54) is 18.4 Å². The summed E-state index contributed by atoms with van der Waals surface area (Å²) in [4.78, 5) is 40.1. The zero-order valence-corrected chi connectivity index (χ0v) is 27.6. The number of aromatic carboxylic acids is 1. The number of nitrogens with zero attached hydrogens (tertiary/aromatic N) is 6. The fraction of sp³-hybridized carbons (Fsp3) is 0.343. The highest BCUT2D eigenvalue weighted by Crippen LogP contribution is 2.45. The first kappa shape index (κ1) is 28.9. The second kappa shape index (κ2) is 10.5. The SMILES string of the molecule is Cn1c(C(=O)O)cc2cc3c(cc21)nc(C1(NC(=O)c2ccc4c(C5CCCC5)c(-c5ncc(Br)cn5)n(C)c4c2)CCC1)n3C. The van der Waals surface area contributed by atoms with E-state index in [0.717, 1.165) is 80.9 Å². The number of carbonyl (C=O) groups is 2. The number of benzene rings is 2. The number of imidazole rings is 1. The third-order valence-electron chi connectivity index (χ3n) is 10.3. The lowest BCUT2D eigenvalue weighted by Gasteiger charge is -2.41. The van der Waals surface area contributed by atoms with Gasteiger partial charge in [-0.05, 0) is 89.8 Å². The van der Waals surface area contributed by atoms with Gasteiger partial charge in [-0.3, -0.25) is 4.79 Å². The molecule has 2 aromatic carbocycles. The summed E-state index contributed by atoms with van der Waals surface area (Å²) in [6.07, 6.45) is 10.9. The van der Waals surface area contributed by atoms with Crippen LogP contribution in [0.25, 0.3) is 44.4 Å². The predicted octanol–water partition coefficient (Wildman–Crippen LogP) is 6.94. The summed E-state index contributed by atoms with van der Waals surface area (Å²) in [5, 5.41) is 15.0. The molecule has 2 saturated carbocycles. The molecule has 46 heavy (non-hydrogen) atoms. The van der Waals surface area contributed by atoms with Crippen LogP contribution >= 0.6 is 15.9 Å². The molecular weight excluding hydrogens is 646 g/mol. The number of nitrogens with one attached hydrogen (secondary N) is 1. The maximum atomic E-state index is 14.0. The summed E-state index contributed by atoms with van der Waals surface area (Å²) in [5.41, 5.74) is 6.02. The minimum atomic E-state index is -0.964. The fourth-order valence-corrected chi connectivity index (χ4v) is 8.03. The highest BCUT2D eigenvalue weighted by molar-refractivity contribution is 9.10. The van der Waals surface area contributed by atoms with E-state index < -0.39 is 11.5 Å². The summed E-state index contributed by atoms with van der Waals surface area (Å²) in [6.45, 7) is 0. The van der Waals surface area contributed by atoms with Crippen LogP contribution in [0, 0.1) is 0 Å². The number of aromatic nitrogens is 6. The molecule has 4 heterocycles. The number of rotatable bonds is 6. The summed E-state index contributed by atoms with van der Waals surface area (Å²) in [7, 11) is 5.76. The molecule has 2 fully saturated rings. The monoisotopic (exact) mass is 679 g/mol. The van der Waals surface area contributed by atoms with Gasteiger partial charge in [0.25, 0.3) is 5.91 Å². The van der Waals surface area contributed by atoms with E-state index in [2.05, 4.69) is 41.8 Å². The molecule has 2 aliphatic carbocycles. The Labute approximate surface area is 273 Å². The van der Waals surface area contributed by atoms with Gasteiger partial charge >= 0.3 is 5.97 Å². The maximum absolute atomic E-state index is 14.0. The van der Waals surface area contributed by atoms with Crippen LogP contribution in [0.5, 0.6) is 0 Å². The average Bonchev–Trinajstić information content (AvgIpc) is 3.80. The van der Waals surface area contributed by atoms with E-state index in [4.69, 9.17) is 4.98 Å². The van der Waals surface area contributed by atoms with E-state index in [-0.39, 0.29) is 11.6 Å². The molecule has 0 atom stereocenters. The molecule has 234 valence electrons. The number of halogens is 1. The van der Waals surface area contributed by atoms with Crippen LogP contribution in [-0.4, -0.2) is 45.6 Å². The lowest BCUT2D eigenvalue weighted by molar-refractivity contribution is 0.0686. The molecule has 0 spiro atoms. The van der Waals surface area contributed by atoms with Crippen molar-refractivity contribution in [3.8, 4) is 11.5 Å². The number of carboxylic acids is 1. The highest BCUT2D eigenvalue weighted by Gasteiger charge is 2.44. The number of aryl methyl sites for hydroxylation is 3. The van der Waals surface area contributed by atoms with E-state index in [9.17, 15) is 14.7 Å². The van der Waals surface area contributed by atoms with E-state index in [0.29, 0.717) is 17.3 Å². The third-order valence-corrected chi connectivity index (χ3v) is 10.8. The van der Waals surface area contributed by atoms with Gasteiger partial charge in [0.1, 0.15) is 11.5 Å². The Morgan fingerprint density at radius 2 is 1.65 bits per heavy atom. The zero-order chi connectivity index (χ0) is 31.9. The predicted molar refractivity (Wildman–Crippen MR) is 180 cm³/mol. The van der Waals surface area contributed by atoms with Gasteiger partial charge in [-0.2, -0.15) is 0 Å². The summed E-state index contributed by atoms with van der Waals surface area (Å²) >= 11 is 3.46. The minimum absolute atomic E-state index is 0.130. The molecule has 11 heteroatoms. The molecule has 0 bridgehead atoms. The van der Waals surface area contributed by atoms with Gasteiger partial charge in [0.05, 0.1) is 32.3 Å². The molecule has 2 N–H and O–H groups in total. The smallest absolute Gasteiger partial charge is 0.352 e. The van der Waals surface area contributed by atoms with Crippen LogP contribution in [0.3, 0.4) is 0 Å². The zero-order valence-electron chi connectivity index (χ0n) is 26.0. The van der Waals surface area contributed by atoms with E-state index in [1.54, 1.807) is 30.1 Å². The Balaban J connectivity index is 1.17. The van der Waals surface area contributed by atoms with Crippen molar-refractivity contribution in [2.75, 3.05) is 0 Å². The van der Waals surface area contributed by atoms with E-state index >= 15 is 0 Å². The maximum Gasteiger partial charge on any atom is 0.352 e. The molecule has 0 radical (unpaired) electrons. The quantitative estimate of drug-likeness (QED) is 0.197.